The summed E-state index contributed by atoms with van der Waals surface area (Å²) in [7, 11) is 0. The van der Waals surface area contributed by atoms with E-state index in [-0.39, 0.29) is 6.04 Å². The van der Waals surface area contributed by atoms with Gasteiger partial charge in [-0.1, -0.05) is 41.9 Å². The van der Waals surface area contributed by atoms with Crippen LogP contribution in [0.3, 0.4) is 0 Å². The summed E-state index contributed by atoms with van der Waals surface area (Å²) in [6.45, 7) is 7.42. The number of benzene rings is 1. The van der Waals surface area contributed by atoms with E-state index in [1.165, 1.54) is 5.56 Å². The maximum absolute atomic E-state index is 10.7. The van der Waals surface area contributed by atoms with Crippen LogP contribution < -0.4 is 5.32 Å². The molecule has 0 bridgehead atoms. The van der Waals surface area contributed by atoms with Gasteiger partial charge in [-0.2, -0.15) is 0 Å². The van der Waals surface area contributed by atoms with Gasteiger partial charge in [-0.25, -0.2) is 0 Å². The average molecular weight is 340 g/mol. The van der Waals surface area contributed by atoms with E-state index in [0.29, 0.717) is 12.0 Å². The molecule has 20 heavy (non-hydrogen) atoms. The number of hydrogen-bond acceptors (Lipinski definition) is 2. The Balaban J connectivity index is 1.89. The summed E-state index contributed by atoms with van der Waals surface area (Å²) in [5.74, 6) is 0. The Bertz CT molecular complexity index is 448. The molecule has 1 unspecified atom stereocenters. The average Bonchev–Trinajstić information content (AvgIpc) is 2.40. The van der Waals surface area contributed by atoms with Crippen LogP contribution in [-0.4, -0.2) is 17.3 Å². The Kier molecular flexibility index (Phi) is 4.93. The Labute approximate surface area is 131 Å². The van der Waals surface area contributed by atoms with E-state index < -0.39 is 5.60 Å². The van der Waals surface area contributed by atoms with E-state index >= 15 is 0 Å². The van der Waals surface area contributed by atoms with Crippen molar-refractivity contribution in [3.05, 3.63) is 34.3 Å². The third-order valence-electron chi connectivity index (χ3n) is 4.62. The van der Waals surface area contributed by atoms with Crippen LogP contribution in [0, 0.1) is 5.41 Å². The SMILES string of the molecule is CC(NCC1(O)CCC(C)(C)CC1)c1cccc(Br)c1. The van der Waals surface area contributed by atoms with Gasteiger partial charge >= 0.3 is 0 Å². The number of hydrogen-bond donors (Lipinski definition) is 2. The molecule has 1 aliphatic rings. The molecule has 0 aromatic heterocycles. The van der Waals surface area contributed by atoms with Gasteiger partial charge in [-0.3, -0.25) is 0 Å². The zero-order chi connectivity index (χ0) is 14.8. The van der Waals surface area contributed by atoms with Crippen molar-refractivity contribution < 1.29 is 5.11 Å². The highest BCUT2D eigenvalue weighted by atomic mass is 79.9. The molecular weight excluding hydrogens is 314 g/mol. The normalized spacial score (nSPS) is 22.4. The lowest BCUT2D eigenvalue weighted by Gasteiger charge is -2.40. The molecule has 2 nitrogen and oxygen atoms in total. The topological polar surface area (TPSA) is 32.3 Å². The van der Waals surface area contributed by atoms with Crippen molar-refractivity contribution in [3.8, 4) is 0 Å². The van der Waals surface area contributed by atoms with Gasteiger partial charge in [-0.15, -0.1) is 0 Å². The first-order chi connectivity index (χ1) is 9.30. The highest BCUT2D eigenvalue weighted by Crippen LogP contribution is 2.40. The molecule has 112 valence electrons. The van der Waals surface area contributed by atoms with Gasteiger partial charge in [0, 0.05) is 17.1 Å². The van der Waals surface area contributed by atoms with Gasteiger partial charge in [0.2, 0.25) is 0 Å². The Hall–Kier alpha value is -0.380. The summed E-state index contributed by atoms with van der Waals surface area (Å²) in [5.41, 5.74) is 1.11. The van der Waals surface area contributed by atoms with Crippen molar-refractivity contribution in [1.82, 2.24) is 5.32 Å². The van der Waals surface area contributed by atoms with Crippen LogP contribution >= 0.6 is 15.9 Å². The summed E-state index contributed by atoms with van der Waals surface area (Å²) in [6.07, 6.45) is 4.02. The fourth-order valence-corrected chi connectivity index (χ4v) is 3.22. The first-order valence-corrected chi connectivity index (χ1v) is 8.30. The number of nitrogens with one attached hydrogen (secondary N) is 1. The molecule has 0 saturated heterocycles. The van der Waals surface area contributed by atoms with E-state index in [1.807, 2.05) is 6.07 Å². The fraction of sp³-hybridized carbons (Fsp3) is 0.647. The Morgan fingerprint density at radius 2 is 1.90 bits per heavy atom. The molecule has 3 heteroatoms. The molecule has 0 heterocycles. The monoisotopic (exact) mass is 339 g/mol. The molecule has 1 fully saturated rings. The number of halogens is 1. The van der Waals surface area contributed by atoms with E-state index in [0.717, 1.165) is 30.2 Å². The molecule has 1 aromatic rings. The van der Waals surface area contributed by atoms with E-state index in [1.54, 1.807) is 0 Å². The van der Waals surface area contributed by atoms with Gasteiger partial charge in [0.15, 0.2) is 0 Å². The van der Waals surface area contributed by atoms with Gasteiger partial charge in [0.25, 0.3) is 0 Å². The van der Waals surface area contributed by atoms with Crippen LogP contribution in [0.1, 0.15) is 58.1 Å². The highest BCUT2D eigenvalue weighted by Gasteiger charge is 2.36. The molecule has 1 aromatic carbocycles. The summed E-state index contributed by atoms with van der Waals surface area (Å²) in [6, 6.07) is 8.59. The Morgan fingerprint density at radius 1 is 1.25 bits per heavy atom. The lowest BCUT2D eigenvalue weighted by molar-refractivity contribution is -0.0258. The lowest BCUT2D eigenvalue weighted by atomic mass is 9.71. The van der Waals surface area contributed by atoms with Crippen LogP contribution in [0.2, 0.25) is 0 Å². The van der Waals surface area contributed by atoms with Gasteiger partial charge in [0.05, 0.1) is 5.60 Å². The van der Waals surface area contributed by atoms with E-state index in [9.17, 15) is 5.11 Å². The van der Waals surface area contributed by atoms with E-state index in [4.69, 9.17) is 0 Å². The van der Waals surface area contributed by atoms with Gasteiger partial charge < -0.3 is 10.4 Å². The summed E-state index contributed by atoms with van der Waals surface area (Å²) >= 11 is 3.50. The molecule has 2 rings (SSSR count). The molecule has 1 aliphatic carbocycles. The van der Waals surface area contributed by atoms with Crippen molar-refractivity contribution in [2.24, 2.45) is 5.41 Å². The predicted molar refractivity (Wildman–Crippen MR) is 87.8 cm³/mol. The molecule has 0 aliphatic heterocycles. The van der Waals surface area contributed by atoms with Crippen molar-refractivity contribution in [3.63, 3.8) is 0 Å². The quantitative estimate of drug-likeness (QED) is 0.850. The van der Waals surface area contributed by atoms with Gasteiger partial charge in [-0.05, 0) is 55.7 Å². The standard InChI is InChI=1S/C17H26BrNO/c1-13(14-5-4-6-15(18)11-14)19-12-17(20)9-7-16(2,3)8-10-17/h4-6,11,13,19-20H,7-10,12H2,1-3H3. The second-order valence-corrected chi connectivity index (χ2v) is 7.96. The lowest BCUT2D eigenvalue weighted by Crippen LogP contribution is -2.45. The second kappa shape index (κ2) is 6.17. The minimum atomic E-state index is -0.532. The summed E-state index contributed by atoms with van der Waals surface area (Å²) < 4.78 is 1.10. The zero-order valence-electron chi connectivity index (χ0n) is 12.7. The highest BCUT2D eigenvalue weighted by molar-refractivity contribution is 9.10. The van der Waals surface area contributed by atoms with Crippen LogP contribution in [-0.2, 0) is 0 Å². The largest absolute Gasteiger partial charge is 0.389 e. The minimum Gasteiger partial charge on any atom is -0.389 e. The second-order valence-electron chi connectivity index (χ2n) is 7.05. The molecule has 1 saturated carbocycles. The summed E-state index contributed by atoms with van der Waals surface area (Å²) in [4.78, 5) is 0. The molecular formula is C17H26BrNO. The van der Waals surface area contributed by atoms with Crippen molar-refractivity contribution in [2.45, 2.75) is 58.1 Å². The first kappa shape index (κ1) is 16.0. The van der Waals surface area contributed by atoms with Crippen LogP contribution in [0.25, 0.3) is 0 Å². The molecule has 0 spiro atoms. The summed E-state index contributed by atoms with van der Waals surface area (Å²) in [5, 5.41) is 14.2. The van der Waals surface area contributed by atoms with Crippen molar-refractivity contribution in [2.75, 3.05) is 6.54 Å². The molecule has 1 atom stereocenters. The van der Waals surface area contributed by atoms with Crippen LogP contribution in [0.15, 0.2) is 28.7 Å². The van der Waals surface area contributed by atoms with Gasteiger partial charge in [0.1, 0.15) is 0 Å². The minimum absolute atomic E-state index is 0.256. The Morgan fingerprint density at radius 3 is 2.50 bits per heavy atom. The predicted octanol–water partition coefficient (Wildman–Crippen LogP) is 4.43. The van der Waals surface area contributed by atoms with Crippen molar-refractivity contribution in [1.29, 1.82) is 0 Å². The maximum atomic E-state index is 10.7. The maximum Gasteiger partial charge on any atom is 0.0772 e. The first-order valence-electron chi connectivity index (χ1n) is 7.51. The molecule has 0 amide bonds. The molecule has 0 radical (unpaired) electrons. The molecule has 2 N–H and O–H groups in total. The number of rotatable bonds is 4. The smallest absolute Gasteiger partial charge is 0.0772 e. The van der Waals surface area contributed by atoms with Crippen molar-refractivity contribution >= 4 is 15.9 Å². The van der Waals surface area contributed by atoms with Crippen LogP contribution in [0.4, 0.5) is 0 Å². The van der Waals surface area contributed by atoms with Crippen LogP contribution in [0.5, 0.6) is 0 Å². The number of aliphatic hydroxyl groups is 1. The fourth-order valence-electron chi connectivity index (χ4n) is 2.81. The van der Waals surface area contributed by atoms with E-state index in [2.05, 4.69) is 60.2 Å². The third kappa shape index (κ3) is 4.31. The zero-order valence-corrected chi connectivity index (χ0v) is 14.3. The third-order valence-corrected chi connectivity index (χ3v) is 5.11.